The maximum Gasteiger partial charge on any atom is 0.271 e. The fraction of sp³-hybridized carbons (Fsp3) is 0.167. The van der Waals surface area contributed by atoms with Crippen molar-refractivity contribution in [2.24, 2.45) is 4.99 Å². The molecule has 0 aliphatic carbocycles. The number of aliphatic imine (C=N–C) groups is 1. The van der Waals surface area contributed by atoms with Gasteiger partial charge < -0.3 is 9.72 Å². The maximum absolute atomic E-state index is 12.3. The van der Waals surface area contributed by atoms with E-state index in [4.69, 9.17) is 0 Å². The first-order valence-electron chi connectivity index (χ1n) is 8.35. The monoisotopic (exact) mass is 383 g/mol. The Balaban J connectivity index is 1.42. The number of imidazole rings is 1. The third-order valence-electron chi connectivity index (χ3n) is 4.24. The molecular weight excluding hydrogens is 366 g/mol. The lowest BCUT2D eigenvalue weighted by Gasteiger charge is -2.02. The van der Waals surface area contributed by atoms with Crippen LogP contribution in [0.15, 0.2) is 58.7 Å². The molecule has 1 aromatic carbocycles. The van der Waals surface area contributed by atoms with Crippen LogP contribution in [-0.2, 0) is 10.0 Å². The number of aromatic nitrogens is 2. The summed E-state index contributed by atoms with van der Waals surface area (Å²) < 4.78 is 28.3. The van der Waals surface area contributed by atoms with Crippen molar-refractivity contribution in [2.45, 2.75) is 11.8 Å². The van der Waals surface area contributed by atoms with Crippen molar-refractivity contribution < 1.29 is 13.2 Å². The summed E-state index contributed by atoms with van der Waals surface area (Å²) in [5.41, 5.74) is 2.58. The zero-order valence-corrected chi connectivity index (χ0v) is 15.3. The first-order valence-corrected chi connectivity index (χ1v) is 9.83. The molecule has 3 aromatic rings. The van der Waals surface area contributed by atoms with Crippen LogP contribution >= 0.6 is 0 Å². The molecule has 0 fully saturated rings. The fourth-order valence-electron chi connectivity index (χ4n) is 2.94. The normalized spacial score (nSPS) is 16.3. The van der Waals surface area contributed by atoms with Gasteiger partial charge in [-0.3, -0.25) is 14.5 Å². The Morgan fingerprint density at radius 3 is 2.89 bits per heavy atom. The van der Waals surface area contributed by atoms with Crippen molar-refractivity contribution in [1.82, 2.24) is 19.4 Å². The molecule has 0 bridgehead atoms. The summed E-state index contributed by atoms with van der Waals surface area (Å²) in [4.78, 5) is 21.1. The molecule has 2 aromatic heterocycles. The molecule has 9 heteroatoms. The highest BCUT2D eigenvalue weighted by atomic mass is 32.2. The number of carbonyl (C=O) groups is 1. The molecule has 0 atom stereocenters. The highest BCUT2D eigenvalue weighted by molar-refractivity contribution is 7.90. The summed E-state index contributed by atoms with van der Waals surface area (Å²) in [6, 6.07) is 10.5. The average Bonchev–Trinajstić information content (AvgIpc) is 3.19. The smallest absolute Gasteiger partial charge is 0.271 e. The zero-order chi connectivity index (χ0) is 19.0. The van der Waals surface area contributed by atoms with Crippen molar-refractivity contribution >= 4 is 27.4 Å². The number of hydrogen-bond acceptors (Lipinski definition) is 5. The molecule has 3 heterocycles. The lowest BCUT2D eigenvalue weighted by molar-refractivity contribution is 0.0950. The number of amidine groups is 1. The Morgan fingerprint density at radius 2 is 2.07 bits per heavy atom. The van der Waals surface area contributed by atoms with Gasteiger partial charge in [0.25, 0.3) is 15.9 Å². The van der Waals surface area contributed by atoms with Crippen LogP contribution in [0.4, 0.5) is 0 Å². The van der Waals surface area contributed by atoms with E-state index in [0.29, 0.717) is 17.1 Å². The van der Waals surface area contributed by atoms with Gasteiger partial charge in [-0.15, -0.1) is 0 Å². The third-order valence-corrected chi connectivity index (χ3v) is 5.64. The predicted octanol–water partition coefficient (Wildman–Crippen LogP) is 1.11. The number of sulfonamides is 1. The minimum atomic E-state index is -3.55. The van der Waals surface area contributed by atoms with Gasteiger partial charge in [-0.2, -0.15) is 0 Å². The van der Waals surface area contributed by atoms with Crippen molar-refractivity contribution in [3.63, 3.8) is 0 Å². The van der Waals surface area contributed by atoms with Crippen molar-refractivity contribution in [3.05, 3.63) is 65.6 Å². The molecule has 0 radical (unpaired) electrons. The SMILES string of the molecule is Cc1cccn2cc(C(=O)NCCN=C3NS(=O)(=O)c4ccccc43)nc12. The van der Waals surface area contributed by atoms with Crippen molar-refractivity contribution in [1.29, 1.82) is 0 Å². The molecule has 2 N–H and O–H groups in total. The van der Waals surface area contributed by atoms with E-state index in [1.807, 2.05) is 25.3 Å². The Bertz CT molecular complexity index is 1180. The molecule has 0 saturated heterocycles. The maximum atomic E-state index is 12.3. The van der Waals surface area contributed by atoms with Gasteiger partial charge in [-0.25, -0.2) is 13.4 Å². The van der Waals surface area contributed by atoms with Crippen LogP contribution in [0, 0.1) is 6.92 Å². The lowest BCUT2D eigenvalue weighted by Crippen LogP contribution is -2.28. The molecule has 0 saturated carbocycles. The van der Waals surface area contributed by atoms with E-state index in [1.165, 1.54) is 6.07 Å². The molecule has 27 heavy (non-hydrogen) atoms. The zero-order valence-electron chi connectivity index (χ0n) is 14.5. The van der Waals surface area contributed by atoms with Gasteiger partial charge in [-0.1, -0.05) is 18.2 Å². The molecule has 1 amide bonds. The molecule has 0 spiro atoms. The topological polar surface area (TPSA) is 105 Å². The van der Waals surface area contributed by atoms with Gasteiger partial charge in [0.05, 0.1) is 11.4 Å². The highest BCUT2D eigenvalue weighted by Crippen LogP contribution is 2.21. The van der Waals surface area contributed by atoms with Gasteiger partial charge in [0, 0.05) is 24.5 Å². The minimum Gasteiger partial charge on any atom is -0.349 e. The fourth-order valence-corrected chi connectivity index (χ4v) is 4.19. The number of pyridine rings is 1. The number of rotatable bonds is 4. The van der Waals surface area contributed by atoms with E-state index in [1.54, 1.807) is 28.8 Å². The van der Waals surface area contributed by atoms with Crippen LogP contribution < -0.4 is 10.0 Å². The Labute approximate surface area is 156 Å². The summed E-state index contributed by atoms with van der Waals surface area (Å²) in [6.07, 6.45) is 3.51. The Hall–Kier alpha value is -3.20. The van der Waals surface area contributed by atoms with E-state index >= 15 is 0 Å². The van der Waals surface area contributed by atoms with Crippen LogP contribution in [0.25, 0.3) is 5.65 Å². The first kappa shape index (κ1) is 17.2. The van der Waals surface area contributed by atoms with Gasteiger partial charge in [0.2, 0.25) is 0 Å². The van der Waals surface area contributed by atoms with Gasteiger partial charge >= 0.3 is 0 Å². The number of nitrogens with zero attached hydrogens (tertiary/aromatic N) is 3. The standard InChI is InChI=1S/C18H17N5O3S/c1-12-5-4-10-23-11-14(21-17(12)23)18(24)20-9-8-19-16-13-6-2-3-7-15(13)27(25,26)22-16/h2-7,10-11H,8-9H2,1H3,(H,19,22)(H,20,24). The number of hydrogen-bond donors (Lipinski definition) is 2. The lowest BCUT2D eigenvalue weighted by atomic mass is 10.2. The van der Waals surface area contributed by atoms with Crippen molar-refractivity contribution in [2.75, 3.05) is 13.1 Å². The van der Waals surface area contributed by atoms with Crippen LogP contribution in [-0.4, -0.2) is 42.6 Å². The second kappa shape index (κ2) is 6.51. The molecule has 138 valence electrons. The van der Waals surface area contributed by atoms with E-state index in [9.17, 15) is 13.2 Å². The van der Waals surface area contributed by atoms with E-state index < -0.39 is 10.0 Å². The molecule has 1 aliphatic rings. The molecule has 0 unspecified atom stereocenters. The second-order valence-electron chi connectivity index (χ2n) is 6.14. The van der Waals surface area contributed by atoms with Crippen molar-refractivity contribution in [3.8, 4) is 0 Å². The Kier molecular flexibility index (Phi) is 4.15. The van der Waals surface area contributed by atoms with Gasteiger partial charge in [-0.05, 0) is 30.7 Å². The average molecular weight is 383 g/mol. The van der Waals surface area contributed by atoms with Crippen LogP contribution in [0.5, 0.6) is 0 Å². The minimum absolute atomic E-state index is 0.216. The number of fused-ring (bicyclic) bond motifs is 2. The van der Waals surface area contributed by atoms with Crippen LogP contribution in [0.1, 0.15) is 21.6 Å². The summed E-state index contributed by atoms with van der Waals surface area (Å²) in [7, 11) is -3.55. The second-order valence-corrected chi connectivity index (χ2v) is 7.79. The van der Waals surface area contributed by atoms with E-state index in [0.717, 1.165) is 11.2 Å². The van der Waals surface area contributed by atoms with Gasteiger partial charge in [0.15, 0.2) is 0 Å². The van der Waals surface area contributed by atoms with Crippen LogP contribution in [0.2, 0.25) is 0 Å². The Morgan fingerprint density at radius 1 is 1.26 bits per heavy atom. The summed E-state index contributed by atoms with van der Waals surface area (Å²) in [5.74, 6) is -0.00564. The third kappa shape index (κ3) is 3.17. The molecular formula is C18H17N5O3S. The molecule has 4 rings (SSSR count). The van der Waals surface area contributed by atoms with E-state index in [-0.39, 0.29) is 23.9 Å². The number of aryl methyl sites for hydroxylation is 1. The largest absolute Gasteiger partial charge is 0.349 e. The van der Waals surface area contributed by atoms with E-state index in [2.05, 4.69) is 20.0 Å². The van der Waals surface area contributed by atoms with Gasteiger partial charge in [0.1, 0.15) is 17.2 Å². The summed E-state index contributed by atoms with van der Waals surface area (Å²) in [6.45, 7) is 2.43. The molecule has 1 aliphatic heterocycles. The number of carbonyl (C=O) groups excluding carboxylic acids is 1. The summed E-state index contributed by atoms with van der Waals surface area (Å²) in [5, 5.41) is 2.75. The highest BCUT2D eigenvalue weighted by Gasteiger charge is 2.29. The predicted molar refractivity (Wildman–Crippen MR) is 100 cm³/mol. The number of benzene rings is 1. The quantitative estimate of drug-likeness (QED) is 0.659. The molecule has 8 nitrogen and oxygen atoms in total. The summed E-state index contributed by atoms with van der Waals surface area (Å²) >= 11 is 0. The number of nitrogens with one attached hydrogen (secondary N) is 2. The van der Waals surface area contributed by atoms with Crippen LogP contribution in [0.3, 0.4) is 0 Å². The number of amides is 1. The first-order chi connectivity index (χ1) is 13.0.